The number of fused-ring (bicyclic) bond motifs is 1. The minimum Gasteiger partial charge on any atom is -0.359 e. The molecule has 0 amide bonds. The average Bonchev–Trinajstić information content (AvgIpc) is 3.37. The summed E-state index contributed by atoms with van der Waals surface area (Å²) in [6.45, 7) is 7.22. The summed E-state index contributed by atoms with van der Waals surface area (Å²) < 4.78 is 36.6. The van der Waals surface area contributed by atoms with Crippen LogP contribution in [0.5, 0.6) is 0 Å². The Kier molecular flexibility index (Phi) is 4.97. The van der Waals surface area contributed by atoms with Gasteiger partial charge >= 0.3 is 0 Å². The summed E-state index contributed by atoms with van der Waals surface area (Å²) in [6, 6.07) is 15.3. The van der Waals surface area contributed by atoms with Crippen molar-refractivity contribution in [2.24, 2.45) is 11.3 Å². The maximum Gasteiger partial charge on any atom is 0.243 e. The predicted octanol–water partition coefficient (Wildman–Crippen LogP) is 6.23. The molecule has 2 aromatic carbocycles. The molecule has 0 radical (unpaired) electrons. The number of ether oxygens (including phenoxy) is 1. The smallest absolute Gasteiger partial charge is 0.243 e. The average molecular weight is 498 g/mol. The number of rotatable bonds is 3. The Morgan fingerprint density at radius 2 is 1.79 bits per heavy atom. The first-order valence-corrected chi connectivity index (χ1v) is 14.2. The number of benzene rings is 2. The Hall–Kier alpha value is -1.66. The monoisotopic (exact) mass is 497 g/mol. The number of halogens is 1. The van der Waals surface area contributed by atoms with Gasteiger partial charge in [-0.05, 0) is 88.3 Å². The van der Waals surface area contributed by atoms with Gasteiger partial charge in [0.2, 0.25) is 10.0 Å². The van der Waals surface area contributed by atoms with E-state index in [4.69, 9.17) is 16.3 Å². The highest BCUT2D eigenvalue weighted by molar-refractivity contribution is 7.89. The van der Waals surface area contributed by atoms with Gasteiger partial charge in [-0.25, -0.2) is 8.42 Å². The molecule has 4 aliphatic rings. The van der Waals surface area contributed by atoms with Crippen LogP contribution in [0.4, 0.5) is 0 Å². The minimum absolute atomic E-state index is 0.0878. The Morgan fingerprint density at radius 3 is 2.53 bits per heavy atom. The Morgan fingerprint density at radius 1 is 1.06 bits per heavy atom. The van der Waals surface area contributed by atoms with Crippen LogP contribution in [0, 0.1) is 18.3 Å². The Bertz CT molecular complexity index is 1300. The molecule has 4 nitrogen and oxygen atoms in total. The van der Waals surface area contributed by atoms with E-state index in [1.165, 1.54) is 17.6 Å². The maximum absolute atomic E-state index is 13.8. The van der Waals surface area contributed by atoms with Crippen molar-refractivity contribution in [3.8, 4) is 0 Å². The van der Waals surface area contributed by atoms with Gasteiger partial charge in [0.25, 0.3) is 0 Å². The van der Waals surface area contributed by atoms with Crippen LogP contribution in [-0.4, -0.2) is 31.4 Å². The molecule has 180 valence electrons. The first-order chi connectivity index (χ1) is 16.1. The number of aryl methyl sites for hydroxylation is 1. The summed E-state index contributed by atoms with van der Waals surface area (Å²) in [5.41, 5.74) is 3.60. The summed E-state index contributed by atoms with van der Waals surface area (Å²) in [6.07, 6.45) is 5.34. The minimum atomic E-state index is -3.61. The van der Waals surface area contributed by atoms with E-state index in [9.17, 15) is 8.42 Å². The highest BCUT2D eigenvalue weighted by Crippen LogP contribution is 2.73. The van der Waals surface area contributed by atoms with Gasteiger partial charge in [0, 0.05) is 29.4 Å². The number of allylic oxidation sites excluding steroid dienone is 1. The van der Waals surface area contributed by atoms with E-state index in [1.54, 1.807) is 16.4 Å². The lowest BCUT2D eigenvalue weighted by molar-refractivity contribution is -0.101. The zero-order valence-corrected chi connectivity index (χ0v) is 21.7. The normalized spacial score (nSPS) is 32.5. The van der Waals surface area contributed by atoms with Gasteiger partial charge in [0.15, 0.2) is 0 Å². The van der Waals surface area contributed by atoms with E-state index in [0.29, 0.717) is 23.0 Å². The SMILES string of the molecule is Cc1ccc(S(=O)(=O)N2C[C@@H]3C(C)(C)O[C@@]4(c5cccc(Cl)c5)C5=C(CCCC5)C[C@@]34C2)cc1. The molecular weight excluding hydrogens is 466 g/mol. The zero-order chi connectivity index (χ0) is 23.9. The molecule has 2 heterocycles. The fourth-order valence-corrected chi connectivity index (χ4v) is 9.30. The standard InChI is InChI=1S/C28H32ClNO3S/c1-19-11-13-23(14-12-19)34(31,32)30-17-25-26(2,3)33-28(21-8-6-9-22(29)15-21)24-10-5-4-7-20(24)16-27(25,28)18-30/h6,8-9,11-15,25H,4-5,7,10,16-18H2,1-3H3/t25-,27-,28+/m1/s1. The summed E-state index contributed by atoms with van der Waals surface area (Å²) >= 11 is 6.51. The van der Waals surface area contributed by atoms with E-state index < -0.39 is 21.2 Å². The molecule has 34 heavy (non-hydrogen) atoms. The van der Waals surface area contributed by atoms with Crippen molar-refractivity contribution in [1.82, 2.24) is 4.31 Å². The molecule has 6 heteroatoms. The largest absolute Gasteiger partial charge is 0.359 e. The molecule has 2 aliphatic carbocycles. The molecule has 6 rings (SSSR count). The quantitative estimate of drug-likeness (QED) is 0.472. The van der Waals surface area contributed by atoms with Gasteiger partial charge in [0.1, 0.15) is 5.60 Å². The topological polar surface area (TPSA) is 46.6 Å². The first kappa shape index (κ1) is 22.8. The number of hydrogen-bond acceptors (Lipinski definition) is 3. The van der Waals surface area contributed by atoms with E-state index in [0.717, 1.165) is 36.8 Å². The van der Waals surface area contributed by atoms with Crippen molar-refractivity contribution in [1.29, 1.82) is 0 Å². The van der Waals surface area contributed by atoms with Gasteiger partial charge in [-0.1, -0.05) is 47.0 Å². The fourth-order valence-electron chi connectivity index (χ4n) is 7.58. The van der Waals surface area contributed by atoms with Crippen LogP contribution in [-0.2, 0) is 20.4 Å². The van der Waals surface area contributed by atoms with Crippen molar-refractivity contribution in [3.63, 3.8) is 0 Å². The lowest BCUT2D eigenvalue weighted by Crippen LogP contribution is -2.46. The molecular formula is C28H32ClNO3S. The van der Waals surface area contributed by atoms with Gasteiger partial charge in [-0.3, -0.25) is 0 Å². The van der Waals surface area contributed by atoms with Gasteiger partial charge < -0.3 is 4.74 Å². The number of nitrogens with zero attached hydrogens (tertiary/aromatic N) is 1. The molecule has 2 saturated heterocycles. The van der Waals surface area contributed by atoms with Gasteiger partial charge in [-0.2, -0.15) is 4.31 Å². The van der Waals surface area contributed by atoms with Gasteiger partial charge in [0.05, 0.1) is 10.5 Å². The van der Waals surface area contributed by atoms with E-state index in [1.807, 2.05) is 37.3 Å². The zero-order valence-electron chi connectivity index (χ0n) is 20.1. The summed E-state index contributed by atoms with van der Waals surface area (Å²) in [4.78, 5) is 0.372. The molecule has 0 aromatic heterocycles. The predicted molar refractivity (Wildman–Crippen MR) is 134 cm³/mol. The van der Waals surface area contributed by atoms with Crippen LogP contribution in [0.1, 0.15) is 57.1 Å². The van der Waals surface area contributed by atoms with Crippen LogP contribution in [0.3, 0.4) is 0 Å². The third kappa shape index (κ3) is 2.93. The van der Waals surface area contributed by atoms with Crippen LogP contribution in [0.25, 0.3) is 0 Å². The van der Waals surface area contributed by atoms with Crippen LogP contribution < -0.4 is 0 Å². The van der Waals surface area contributed by atoms with Crippen molar-refractivity contribution in [2.45, 2.75) is 69.0 Å². The van der Waals surface area contributed by atoms with Crippen molar-refractivity contribution in [2.75, 3.05) is 13.1 Å². The second-order valence-corrected chi connectivity index (χ2v) is 13.6. The van der Waals surface area contributed by atoms with Crippen LogP contribution >= 0.6 is 11.6 Å². The molecule has 2 fully saturated rings. The van der Waals surface area contributed by atoms with Crippen molar-refractivity contribution < 1.29 is 13.2 Å². The molecule has 2 aliphatic heterocycles. The van der Waals surface area contributed by atoms with Crippen molar-refractivity contribution in [3.05, 3.63) is 75.8 Å². The third-order valence-electron chi connectivity index (χ3n) is 8.89. The second kappa shape index (κ2) is 7.42. The third-order valence-corrected chi connectivity index (χ3v) is 11.0. The second-order valence-electron chi connectivity index (χ2n) is 11.2. The summed E-state index contributed by atoms with van der Waals surface area (Å²) in [5.74, 6) is 0.0878. The fraction of sp³-hybridized carbons (Fsp3) is 0.500. The highest BCUT2D eigenvalue weighted by Gasteiger charge is 2.75. The first-order valence-electron chi connectivity index (χ1n) is 12.3. The molecule has 0 bridgehead atoms. The Balaban J connectivity index is 1.52. The van der Waals surface area contributed by atoms with E-state index >= 15 is 0 Å². The highest BCUT2D eigenvalue weighted by atomic mass is 35.5. The molecule has 0 N–H and O–H groups in total. The van der Waals surface area contributed by atoms with Crippen LogP contribution in [0.2, 0.25) is 5.02 Å². The molecule has 3 atom stereocenters. The van der Waals surface area contributed by atoms with Gasteiger partial charge in [-0.15, -0.1) is 0 Å². The Labute approximate surface area is 208 Å². The van der Waals surface area contributed by atoms with Crippen LogP contribution in [0.15, 0.2) is 64.6 Å². The maximum atomic E-state index is 13.8. The number of sulfonamides is 1. The lowest BCUT2D eigenvalue weighted by atomic mass is 9.62. The molecule has 0 unspecified atom stereocenters. The summed E-state index contributed by atoms with van der Waals surface area (Å²) in [7, 11) is -3.61. The molecule has 0 saturated carbocycles. The molecule has 2 aromatic rings. The lowest BCUT2D eigenvalue weighted by Gasteiger charge is -2.42. The summed E-state index contributed by atoms with van der Waals surface area (Å²) in [5, 5.41) is 0.693. The van der Waals surface area contributed by atoms with E-state index in [2.05, 4.69) is 19.9 Å². The van der Waals surface area contributed by atoms with Crippen molar-refractivity contribution >= 4 is 21.6 Å². The number of hydrogen-bond donors (Lipinski definition) is 0. The molecule has 1 spiro atoms. The van der Waals surface area contributed by atoms with E-state index in [-0.39, 0.29) is 11.3 Å².